The molecule has 2 aliphatic heterocycles. The predicted molar refractivity (Wildman–Crippen MR) is 135 cm³/mol. The van der Waals surface area contributed by atoms with Crippen LogP contribution >= 0.6 is 11.6 Å². The Kier molecular flexibility index (Phi) is 6.48. The minimum atomic E-state index is -0.106. The second-order valence-corrected chi connectivity index (χ2v) is 9.56. The molecular formula is C26H29ClN6O. The highest BCUT2D eigenvalue weighted by Crippen LogP contribution is 2.38. The molecule has 3 heterocycles. The number of rotatable bonds is 6. The highest BCUT2D eigenvalue weighted by molar-refractivity contribution is 6.32. The number of amides is 1. The molecule has 0 radical (unpaired) electrons. The Morgan fingerprint density at radius 2 is 2.00 bits per heavy atom. The summed E-state index contributed by atoms with van der Waals surface area (Å²) in [7, 11) is 0. The van der Waals surface area contributed by atoms with Gasteiger partial charge in [0.25, 0.3) is 0 Å². The van der Waals surface area contributed by atoms with E-state index in [0.29, 0.717) is 16.6 Å². The summed E-state index contributed by atoms with van der Waals surface area (Å²) in [5, 5.41) is 12.1. The Balaban J connectivity index is 1.51. The number of aromatic nitrogens is 3. The number of aliphatic imine (C=N–C) groups is 1. The van der Waals surface area contributed by atoms with Crippen molar-refractivity contribution in [2.75, 3.05) is 18.4 Å². The normalized spacial score (nSPS) is 17.1. The van der Waals surface area contributed by atoms with Gasteiger partial charge in [-0.25, -0.2) is 4.68 Å². The van der Waals surface area contributed by atoms with Crippen LogP contribution in [0.4, 0.5) is 11.4 Å². The van der Waals surface area contributed by atoms with Crippen LogP contribution in [0, 0.1) is 0 Å². The lowest BCUT2D eigenvalue weighted by molar-refractivity contribution is -0.115. The van der Waals surface area contributed by atoms with Crippen LogP contribution in [0.5, 0.6) is 0 Å². The first kappa shape index (κ1) is 22.7. The van der Waals surface area contributed by atoms with Crippen molar-refractivity contribution in [1.29, 1.82) is 0 Å². The number of carbonyl (C=O) groups excluding carboxylic acids is 1. The summed E-state index contributed by atoms with van der Waals surface area (Å²) < 4.78 is 1.88. The number of carbonyl (C=O) groups is 1. The lowest BCUT2D eigenvalue weighted by Crippen LogP contribution is -2.20. The van der Waals surface area contributed by atoms with E-state index in [1.807, 2.05) is 47.3 Å². The smallest absolute Gasteiger partial charge is 0.230 e. The fourth-order valence-corrected chi connectivity index (χ4v) is 4.98. The molecule has 0 aliphatic carbocycles. The van der Waals surface area contributed by atoms with E-state index in [1.54, 1.807) is 0 Å². The van der Waals surface area contributed by atoms with Gasteiger partial charge in [0, 0.05) is 11.6 Å². The zero-order valence-electron chi connectivity index (χ0n) is 19.6. The van der Waals surface area contributed by atoms with Crippen LogP contribution in [-0.2, 0) is 11.3 Å². The number of anilines is 1. The van der Waals surface area contributed by atoms with Crippen LogP contribution < -0.4 is 5.32 Å². The molecule has 0 bridgehead atoms. The molecule has 7 nitrogen and oxygen atoms in total. The molecule has 176 valence electrons. The Hall–Kier alpha value is -3.03. The van der Waals surface area contributed by atoms with Crippen molar-refractivity contribution in [2.45, 2.75) is 52.0 Å². The van der Waals surface area contributed by atoms with Crippen molar-refractivity contribution in [3.05, 3.63) is 64.4 Å². The molecule has 1 fully saturated rings. The number of nitrogens with zero attached hydrogens (tertiary/aromatic N) is 5. The molecule has 1 aromatic heterocycles. The SMILES string of the molecule is CCC(C)c1cc2c(cc1Cl)NC(=O)CC(c1cccc(-n3nncc3CN3CCCC3)c1)=N2. The Labute approximate surface area is 204 Å². The highest BCUT2D eigenvalue weighted by atomic mass is 35.5. The third kappa shape index (κ3) is 4.63. The van der Waals surface area contributed by atoms with Gasteiger partial charge in [-0.2, -0.15) is 0 Å². The van der Waals surface area contributed by atoms with Crippen LogP contribution in [0.2, 0.25) is 5.02 Å². The maximum atomic E-state index is 12.7. The van der Waals surface area contributed by atoms with E-state index < -0.39 is 0 Å². The summed E-state index contributed by atoms with van der Waals surface area (Å²) in [4.78, 5) is 20.1. The van der Waals surface area contributed by atoms with Gasteiger partial charge in [0.2, 0.25) is 5.91 Å². The van der Waals surface area contributed by atoms with Gasteiger partial charge in [-0.3, -0.25) is 14.7 Å². The van der Waals surface area contributed by atoms with E-state index in [0.717, 1.165) is 60.0 Å². The van der Waals surface area contributed by atoms with Crippen molar-refractivity contribution in [2.24, 2.45) is 4.99 Å². The maximum Gasteiger partial charge on any atom is 0.230 e. The quantitative estimate of drug-likeness (QED) is 0.510. The van der Waals surface area contributed by atoms with E-state index in [2.05, 4.69) is 34.4 Å². The lowest BCUT2D eigenvalue weighted by Gasteiger charge is -2.15. The highest BCUT2D eigenvalue weighted by Gasteiger charge is 2.21. The van der Waals surface area contributed by atoms with Gasteiger partial charge < -0.3 is 5.32 Å². The summed E-state index contributed by atoms with van der Waals surface area (Å²) in [5.41, 5.74) is 6.01. The van der Waals surface area contributed by atoms with E-state index in [4.69, 9.17) is 16.6 Å². The number of halogens is 1. The Bertz CT molecular complexity index is 1240. The van der Waals surface area contributed by atoms with E-state index in [-0.39, 0.29) is 12.3 Å². The van der Waals surface area contributed by atoms with Gasteiger partial charge >= 0.3 is 0 Å². The van der Waals surface area contributed by atoms with Gasteiger partial charge in [-0.1, -0.05) is 42.8 Å². The van der Waals surface area contributed by atoms with E-state index in [1.165, 1.54) is 12.8 Å². The van der Waals surface area contributed by atoms with Gasteiger partial charge in [0.1, 0.15) is 0 Å². The molecule has 0 spiro atoms. The fraction of sp³-hybridized carbons (Fsp3) is 0.385. The summed E-state index contributed by atoms with van der Waals surface area (Å²) in [6.45, 7) is 7.33. The number of fused-ring (bicyclic) bond motifs is 1. The first-order valence-electron chi connectivity index (χ1n) is 12.0. The molecule has 3 aromatic rings. The first-order valence-corrected chi connectivity index (χ1v) is 12.3. The lowest BCUT2D eigenvalue weighted by atomic mass is 9.97. The molecule has 2 aliphatic rings. The largest absolute Gasteiger partial charge is 0.324 e. The minimum Gasteiger partial charge on any atom is -0.324 e. The number of benzene rings is 2. The van der Waals surface area contributed by atoms with Crippen molar-refractivity contribution in [1.82, 2.24) is 19.9 Å². The molecule has 34 heavy (non-hydrogen) atoms. The van der Waals surface area contributed by atoms with Gasteiger partial charge in [0.15, 0.2) is 0 Å². The zero-order valence-corrected chi connectivity index (χ0v) is 20.3. The molecule has 2 aromatic carbocycles. The van der Waals surface area contributed by atoms with Crippen LogP contribution in [-0.4, -0.2) is 44.6 Å². The fourth-order valence-electron chi connectivity index (χ4n) is 4.63. The second-order valence-electron chi connectivity index (χ2n) is 9.15. The number of likely N-dealkylation sites (tertiary alicyclic amines) is 1. The molecule has 8 heteroatoms. The van der Waals surface area contributed by atoms with Crippen molar-refractivity contribution >= 4 is 34.6 Å². The van der Waals surface area contributed by atoms with E-state index in [9.17, 15) is 4.79 Å². The third-order valence-corrected chi connectivity index (χ3v) is 7.07. The Morgan fingerprint density at radius 3 is 2.79 bits per heavy atom. The molecule has 1 atom stereocenters. The summed E-state index contributed by atoms with van der Waals surface area (Å²) in [6.07, 6.45) is 5.47. The van der Waals surface area contributed by atoms with Crippen LogP contribution in [0.3, 0.4) is 0 Å². The van der Waals surface area contributed by atoms with E-state index >= 15 is 0 Å². The molecular weight excluding hydrogens is 448 g/mol. The number of hydrogen-bond donors (Lipinski definition) is 1. The first-order chi connectivity index (χ1) is 16.5. The van der Waals surface area contributed by atoms with Gasteiger partial charge in [-0.15, -0.1) is 5.10 Å². The molecule has 1 saturated heterocycles. The zero-order chi connectivity index (χ0) is 23.7. The number of hydrogen-bond acceptors (Lipinski definition) is 5. The molecule has 1 amide bonds. The van der Waals surface area contributed by atoms with Crippen molar-refractivity contribution < 1.29 is 4.79 Å². The number of nitrogens with one attached hydrogen (secondary N) is 1. The molecule has 1 unspecified atom stereocenters. The monoisotopic (exact) mass is 476 g/mol. The topological polar surface area (TPSA) is 75.4 Å². The minimum absolute atomic E-state index is 0.106. The second kappa shape index (κ2) is 9.68. The van der Waals surface area contributed by atoms with Crippen molar-refractivity contribution in [3.8, 4) is 5.69 Å². The van der Waals surface area contributed by atoms with Gasteiger partial charge in [0.05, 0.1) is 41.1 Å². The Morgan fingerprint density at radius 1 is 1.18 bits per heavy atom. The third-order valence-electron chi connectivity index (χ3n) is 6.74. The standard InChI is InChI=1S/C26H29ClN6O/c1-3-17(2)21-12-24-25(13-22(21)27)30-26(34)14-23(29-24)18-7-6-8-19(11-18)33-20(15-28-31-33)16-32-9-4-5-10-32/h6-8,11-13,15,17H,3-5,9-10,14,16H2,1-2H3,(H,30,34). The predicted octanol–water partition coefficient (Wildman–Crippen LogP) is 5.49. The summed E-state index contributed by atoms with van der Waals surface area (Å²) >= 11 is 6.52. The van der Waals surface area contributed by atoms with Crippen LogP contribution in [0.15, 0.2) is 47.6 Å². The van der Waals surface area contributed by atoms with Gasteiger partial charge in [-0.05, 0) is 73.7 Å². The molecule has 1 N–H and O–H groups in total. The van der Waals surface area contributed by atoms with Crippen LogP contribution in [0.1, 0.15) is 62.3 Å². The average Bonchev–Trinajstić information content (AvgIpc) is 3.49. The molecule has 5 rings (SSSR count). The van der Waals surface area contributed by atoms with Crippen molar-refractivity contribution in [3.63, 3.8) is 0 Å². The molecule has 0 saturated carbocycles. The summed E-state index contributed by atoms with van der Waals surface area (Å²) in [6, 6.07) is 11.8. The summed E-state index contributed by atoms with van der Waals surface area (Å²) in [5.74, 6) is 0.200. The maximum absolute atomic E-state index is 12.7. The van der Waals surface area contributed by atoms with Crippen LogP contribution in [0.25, 0.3) is 5.69 Å². The average molecular weight is 477 g/mol.